The molecule has 1 saturated heterocycles. The van der Waals surface area contributed by atoms with Crippen LogP contribution in [0.5, 0.6) is 0 Å². The third-order valence-corrected chi connectivity index (χ3v) is 6.98. The SMILES string of the molecule is CCC(C)C(NC(=O)C(Cc1ccccc1)NC(=O)C(Cc1ccccc1)NC(=O)C1CCCN1)C(=O)O. The quantitative estimate of drug-likeness (QED) is 0.272. The number of aliphatic carboxylic acids is 1. The van der Waals surface area contributed by atoms with Gasteiger partial charge >= 0.3 is 5.97 Å². The second-order valence-corrected chi connectivity index (χ2v) is 9.86. The third kappa shape index (κ3) is 8.41. The highest BCUT2D eigenvalue weighted by molar-refractivity contribution is 5.94. The predicted molar refractivity (Wildman–Crippen MR) is 144 cm³/mol. The lowest BCUT2D eigenvalue weighted by atomic mass is 9.97. The summed E-state index contributed by atoms with van der Waals surface area (Å²) in [6.07, 6.45) is 2.55. The first-order chi connectivity index (χ1) is 18.3. The number of carboxylic acid groups (broad SMARTS) is 1. The van der Waals surface area contributed by atoms with Crippen LogP contribution in [-0.4, -0.2) is 59.5 Å². The van der Waals surface area contributed by atoms with E-state index >= 15 is 0 Å². The van der Waals surface area contributed by atoms with E-state index in [-0.39, 0.29) is 30.7 Å². The van der Waals surface area contributed by atoms with Crippen LogP contribution in [-0.2, 0) is 32.0 Å². The van der Waals surface area contributed by atoms with E-state index in [4.69, 9.17) is 0 Å². The van der Waals surface area contributed by atoms with Crippen LogP contribution in [0.4, 0.5) is 0 Å². The molecule has 1 aliphatic rings. The summed E-state index contributed by atoms with van der Waals surface area (Å²) in [6.45, 7) is 4.35. The van der Waals surface area contributed by atoms with Gasteiger partial charge < -0.3 is 26.4 Å². The number of hydrogen-bond acceptors (Lipinski definition) is 5. The van der Waals surface area contributed by atoms with Crippen LogP contribution in [0, 0.1) is 5.92 Å². The number of benzene rings is 2. The molecule has 9 nitrogen and oxygen atoms in total. The van der Waals surface area contributed by atoms with E-state index in [0.717, 1.165) is 24.1 Å². The molecule has 38 heavy (non-hydrogen) atoms. The number of amides is 3. The van der Waals surface area contributed by atoms with E-state index in [2.05, 4.69) is 21.3 Å². The maximum atomic E-state index is 13.6. The zero-order valence-electron chi connectivity index (χ0n) is 22.0. The monoisotopic (exact) mass is 522 g/mol. The average Bonchev–Trinajstić information content (AvgIpc) is 3.47. The molecular weight excluding hydrogens is 484 g/mol. The normalized spacial score (nSPS) is 18.0. The lowest BCUT2D eigenvalue weighted by Crippen LogP contribution is -2.58. The maximum Gasteiger partial charge on any atom is 0.326 e. The summed E-state index contributed by atoms with van der Waals surface area (Å²) >= 11 is 0. The zero-order chi connectivity index (χ0) is 27.5. The second kappa shape index (κ2) is 14.3. The van der Waals surface area contributed by atoms with Crippen LogP contribution in [0.2, 0.25) is 0 Å². The van der Waals surface area contributed by atoms with Crippen LogP contribution in [0.15, 0.2) is 60.7 Å². The smallest absolute Gasteiger partial charge is 0.326 e. The van der Waals surface area contributed by atoms with Crippen LogP contribution in [0.3, 0.4) is 0 Å². The molecule has 5 N–H and O–H groups in total. The summed E-state index contributed by atoms with van der Waals surface area (Å²) < 4.78 is 0. The number of hydrogen-bond donors (Lipinski definition) is 5. The lowest BCUT2D eigenvalue weighted by molar-refractivity contribution is -0.143. The fourth-order valence-electron chi connectivity index (χ4n) is 4.51. The summed E-state index contributed by atoms with van der Waals surface area (Å²) in [5.41, 5.74) is 1.67. The number of carbonyl (C=O) groups excluding carboxylic acids is 3. The second-order valence-electron chi connectivity index (χ2n) is 9.86. The fraction of sp³-hybridized carbons (Fsp3) is 0.448. The molecule has 1 fully saturated rings. The van der Waals surface area contributed by atoms with Gasteiger partial charge in [0.05, 0.1) is 6.04 Å². The fourth-order valence-corrected chi connectivity index (χ4v) is 4.51. The zero-order valence-corrected chi connectivity index (χ0v) is 22.0. The number of carboxylic acids is 1. The van der Waals surface area contributed by atoms with Crippen LogP contribution in [0.25, 0.3) is 0 Å². The molecular formula is C29H38N4O5. The molecule has 0 aliphatic carbocycles. The largest absolute Gasteiger partial charge is 0.480 e. The van der Waals surface area contributed by atoms with E-state index in [9.17, 15) is 24.3 Å². The van der Waals surface area contributed by atoms with Crippen molar-refractivity contribution in [3.8, 4) is 0 Å². The van der Waals surface area contributed by atoms with Gasteiger partial charge in [0.1, 0.15) is 18.1 Å². The molecule has 204 valence electrons. The molecule has 3 rings (SSSR count). The van der Waals surface area contributed by atoms with Crippen molar-refractivity contribution in [1.82, 2.24) is 21.3 Å². The lowest BCUT2D eigenvalue weighted by Gasteiger charge is -2.27. The van der Waals surface area contributed by atoms with Crippen molar-refractivity contribution in [2.45, 2.75) is 70.1 Å². The highest BCUT2D eigenvalue weighted by atomic mass is 16.4. The first kappa shape index (κ1) is 28.8. The first-order valence-corrected chi connectivity index (χ1v) is 13.2. The molecule has 0 aromatic heterocycles. The Bertz CT molecular complexity index is 1070. The van der Waals surface area contributed by atoms with Gasteiger partial charge in [0.2, 0.25) is 17.7 Å². The molecule has 5 unspecified atom stereocenters. The minimum atomic E-state index is -1.13. The molecule has 0 radical (unpaired) electrons. The molecule has 0 saturated carbocycles. The van der Waals surface area contributed by atoms with Crippen molar-refractivity contribution in [2.75, 3.05) is 6.54 Å². The van der Waals surface area contributed by atoms with Crippen molar-refractivity contribution in [1.29, 1.82) is 0 Å². The van der Waals surface area contributed by atoms with Gasteiger partial charge in [-0.15, -0.1) is 0 Å². The maximum absolute atomic E-state index is 13.6. The topological polar surface area (TPSA) is 137 Å². The Morgan fingerprint density at radius 1 is 0.868 bits per heavy atom. The van der Waals surface area contributed by atoms with Crippen LogP contribution >= 0.6 is 0 Å². The van der Waals surface area contributed by atoms with Crippen molar-refractivity contribution in [2.24, 2.45) is 5.92 Å². The van der Waals surface area contributed by atoms with Gasteiger partial charge in [0.25, 0.3) is 0 Å². The van der Waals surface area contributed by atoms with Crippen molar-refractivity contribution >= 4 is 23.7 Å². The highest BCUT2D eigenvalue weighted by Crippen LogP contribution is 2.12. The van der Waals surface area contributed by atoms with Gasteiger partial charge in [-0.25, -0.2) is 4.79 Å². The van der Waals surface area contributed by atoms with Crippen molar-refractivity contribution in [3.63, 3.8) is 0 Å². The van der Waals surface area contributed by atoms with Crippen LogP contribution in [0.1, 0.15) is 44.2 Å². The van der Waals surface area contributed by atoms with E-state index in [1.165, 1.54) is 0 Å². The standard InChI is InChI=1S/C29H38N4O5/c1-3-19(2)25(29(37)38)33-28(36)24(18-21-13-8-5-9-14-21)32-27(35)23(17-20-11-6-4-7-12-20)31-26(34)22-15-10-16-30-22/h4-9,11-14,19,22-25,30H,3,10,15-18H2,1-2H3,(H,31,34)(H,32,35)(H,33,36)(H,37,38). The van der Waals surface area contributed by atoms with Crippen molar-refractivity contribution < 1.29 is 24.3 Å². The Morgan fingerprint density at radius 3 is 1.87 bits per heavy atom. The molecule has 3 amide bonds. The molecule has 0 spiro atoms. The summed E-state index contributed by atoms with van der Waals surface area (Å²) in [4.78, 5) is 51.6. The van der Waals surface area contributed by atoms with Crippen LogP contribution < -0.4 is 21.3 Å². The molecule has 5 atom stereocenters. The Labute approximate surface area is 223 Å². The molecule has 2 aromatic rings. The van der Waals surface area contributed by atoms with Gasteiger partial charge in [-0.05, 0) is 36.4 Å². The summed E-state index contributed by atoms with van der Waals surface area (Å²) in [5.74, 6) is -2.78. The van der Waals surface area contributed by atoms with Gasteiger partial charge in [-0.2, -0.15) is 0 Å². The molecule has 1 aliphatic heterocycles. The van der Waals surface area contributed by atoms with Gasteiger partial charge in [-0.1, -0.05) is 80.9 Å². The molecule has 0 bridgehead atoms. The Balaban J connectivity index is 1.82. The molecule has 9 heteroatoms. The summed E-state index contributed by atoms with van der Waals surface area (Å²) in [6, 6.07) is 15.1. The third-order valence-electron chi connectivity index (χ3n) is 6.98. The Morgan fingerprint density at radius 2 is 1.39 bits per heavy atom. The van der Waals surface area contributed by atoms with Gasteiger partial charge in [0, 0.05) is 12.8 Å². The minimum absolute atomic E-state index is 0.168. The van der Waals surface area contributed by atoms with E-state index in [1.54, 1.807) is 6.92 Å². The van der Waals surface area contributed by atoms with E-state index in [0.29, 0.717) is 12.8 Å². The van der Waals surface area contributed by atoms with Gasteiger partial charge in [0.15, 0.2) is 0 Å². The molecule has 2 aromatic carbocycles. The predicted octanol–water partition coefficient (Wildman–Crippen LogP) is 1.81. The van der Waals surface area contributed by atoms with E-state index < -0.39 is 35.9 Å². The highest BCUT2D eigenvalue weighted by Gasteiger charge is 2.33. The Kier molecular flexibility index (Phi) is 10.8. The first-order valence-electron chi connectivity index (χ1n) is 13.2. The van der Waals surface area contributed by atoms with Gasteiger partial charge in [-0.3, -0.25) is 14.4 Å². The van der Waals surface area contributed by atoms with E-state index in [1.807, 2.05) is 67.6 Å². The van der Waals surface area contributed by atoms with Crippen molar-refractivity contribution in [3.05, 3.63) is 71.8 Å². The minimum Gasteiger partial charge on any atom is -0.480 e. The summed E-state index contributed by atoms with van der Waals surface area (Å²) in [7, 11) is 0. The number of carbonyl (C=O) groups is 4. The Hall–Kier alpha value is -3.72. The average molecular weight is 523 g/mol. The summed E-state index contributed by atoms with van der Waals surface area (Å²) in [5, 5.41) is 21.1. The number of nitrogens with one attached hydrogen (secondary N) is 4. The number of rotatable bonds is 13. The molecule has 1 heterocycles.